The van der Waals surface area contributed by atoms with Crippen LogP contribution >= 0.6 is 0 Å². The van der Waals surface area contributed by atoms with Crippen LogP contribution in [0.2, 0.25) is 0 Å². The zero-order valence-electron chi connectivity index (χ0n) is 14.5. The van der Waals surface area contributed by atoms with Crippen molar-refractivity contribution >= 4 is 12.0 Å². The molecule has 0 N–H and O–H groups in total. The molecule has 0 aliphatic carbocycles. The topological polar surface area (TPSA) is 55.8 Å². The third-order valence-corrected chi connectivity index (χ3v) is 3.85. The first kappa shape index (κ1) is 17.5. The summed E-state index contributed by atoms with van der Waals surface area (Å²) in [6.07, 6.45) is -0.595. The van der Waals surface area contributed by atoms with E-state index in [2.05, 4.69) is 0 Å². The molecule has 23 heavy (non-hydrogen) atoms. The first-order valence-electron chi connectivity index (χ1n) is 7.93. The van der Waals surface area contributed by atoms with E-state index in [-0.39, 0.29) is 12.3 Å². The first-order valence-corrected chi connectivity index (χ1v) is 7.93. The molecule has 126 valence electrons. The highest BCUT2D eigenvalue weighted by atomic mass is 16.6. The minimum Gasteiger partial charge on any atom is -0.443 e. The minimum atomic E-state index is -0.766. The second-order valence-corrected chi connectivity index (χ2v) is 7.11. The molecule has 2 atom stereocenters. The Morgan fingerprint density at radius 2 is 1.96 bits per heavy atom. The lowest BCUT2D eigenvalue weighted by Gasteiger charge is -2.43. The van der Waals surface area contributed by atoms with Gasteiger partial charge in [-0.3, -0.25) is 4.79 Å². The van der Waals surface area contributed by atoms with Crippen molar-refractivity contribution in [2.45, 2.75) is 64.9 Å². The van der Waals surface area contributed by atoms with Gasteiger partial charge in [-0.1, -0.05) is 37.3 Å². The van der Waals surface area contributed by atoms with Crippen molar-refractivity contribution in [2.24, 2.45) is 0 Å². The Labute approximate surface area is 137 Å². The van der Waals surface area contributed by atoms with Gasteiger partial charge >= 0.3 is 6.09 Å². The van der Waals surface area contributed by atoms with E-state index < -0.39 is 23.5 Å². The maximum atomic E-state index is 12.6. The average molecular weight is 319 g/mol. The summed E-state index contributed by atoms with van der Waals surface area (Å²) in [5.41, 5.74) is -0.508. The summed E-state index contributed by atoms with van der Waals surface area (Å²) < 4.78 is 11.5. The summed E-state index contributed by atoms with van der Waals surface area (Å²) in [5, 5.41) is 0. The molecule has 2 amide bonds. The number of hydrogen-bond acceptors (Lipinski definition) is 4. The normalized spacial score (nSPS) is 25.3. The van der Waals surface area contributed by atoms with Crippen LogP contribution in [-0.4, -0.2) is 28.1 Å². The van der Waals surface area contributed by atoms with Gasteiger partial charge in [0.1, 0.15) is 5.60 Å². The lowest BCUT2D eigenvalue weighted by molar-refractivity contribution is -0.196. The van der Waals surface area contributed by atoms with Crippen LogP contribution in [0, 0.1) is 0 Å². The van der Waals surface area contributed by atoms with Crippen LogP contribution in [0.1, 0.15) is 59.3 Å². The molecule has 1 aromatic rings. The van der Waals surface area contributed by atoms with Crippen LogP contribution in [0.5, 0.6) is 0 Å². The summed E-state index contributed by atoms with van der Waals surface area (Å²) in [7, 11) is 0. The highest BCUT2D eigenvalue weighted by Gasteiger charge is 2.45. The van der Waals surface area contributed by atoms with Crippen LogP contribution < -0.4 is 0 Å². The highest BCUT2D eigenvalue weighted by Crippen LogP contribution is 2.38. The molecular weight excluding hydrogens is 294 g/mol. The lowest BCUT2D eigenvalue weighted by atomic mass is 9.95. The highest BCUT2D eigenvalue weighted by molar-refractivity contribution is 5.93. The molecule has 1 saturated heterocycles. The van der Waals surface area contributed by atoms with E-state index in [9.17, 15) is 9.59 Å². The molecule has 5 nitrogen and oxygen atoms in total. The molecule has 0 bridgehead atoms. The quantitative estimate of drug-likeness (QED) is 0.825. The molecule has 5 heteroatoms. The Hall–Kier alpha value is -1.88. The number of carbonyl (C=O) groups excluding carboxylic acids is 2. The van der Waals surface area contributed by atoms with E-state index in [1.165, 1.54) is 0 Å². The number of benzene rings is 1. The van der Waals surface area contributed by atoms with Crippen LogP contribution in [0.4, 0.5) is 4.79 Å². The number of nitrogens with zero attached hydrogens (tertiary/aromatic N) is 1. The lowest BCUT2D eigenvalue weighted by Crippen LogP contribution is -2.53. The summed E-state index contributed by atoms with van der Waals surface area (Å²) >= 11 is 0. The van der Waals surface area contributed by atoms with Gasteiger partial charge in [-0.2, -0.15) is 0 Å². The van der Waals surface area contributed by atoms with E-state index in [1.807, 2.05) is 44.2 Å². The van der Waals surface area contributed by atoms with E-state index in [0.29, 0.717) is 6.42 Å². The molecule has 0 radical (unpaired) electrons. The van der Waals surface area contributed by atoms with Gasteiger partial charge in [-0.05, 0) is 34.1 Å². The van der Waals surface area contributed by atoms with E-state index in [4.69, 9.17) is 9.47 Å². The van der Waals surface area contributed by atoms with Gasteiger partial charge in [0.15, 0.2) is 6.23 Å². The number of amides is 2. The van der Waals surface area contributed by atoms with Gasteiger partial charge in [-0.25, -0.2) is 9.69 Å². The number of rotatable bonds is 2. The van der Waals surface area contributed by atoms with Crippen LogP contribution in [-0.2, 0) is 14.3 Å². The van der Waals surface area contributed by atoms with Gasteiger partial charge in [0.05, 0.1) is 12.0 Å². The average Bonchev–Trinajstić information content (AvgIpc) is 2.45. The second-order valence-electron chi connectivity index (χ2n) is 7.11. The number of hydrogen-bond donors (Lipinski definition) is 0. The predicted octanol–water partition coefficient (Wildman–Crippen LogP) is 4.04. The number of imide groups is 1. The van der Waals surface area contributed by atoms with Gasteiger partial charge in [0.2, 0.25) is 5.91 Å². The molecule has 0 aromatic heterocycles. The largest absolute Gasteiger partial charge is 0.443 e. The molecule has 2 rings (SSSR count). The number of carbonyl (C=O) groups is 2. The monoisotopic (exact) mass is 319 g/mol. The predicted molar refractivity (Wildman–Crippen MR) is 86.7 cm³/mol. The van der Waals surface area contributed by atoms with Crippen LogP contribution in [0.25, 0.3) is 0 Å². The number of ether oxygens (including phenoxy) is 2. The SMILES string of the molecule is CCC1(C)CC(=O)N(C(=O)OC(C)(C)C)[C@@H](c2ccccc2)O1. The Balaban J connectivity index is 2.37. The summed E-state index contributed by atoms with van der Waals surface area (Å²) in [4.78, 5) is 26.2. The van der Waals surface area contributed by atoms with E-state index >= 15 is 0 Å². The Morgan fingerprint density at radius 3 is 2.48 bits per heavy atom. The van der Waals surface area contributed by atoms with Crippen molar-refractivity contribution < 1.29 is 19.1 Å². The maximum absolute atomic E-state index is 12.6. The fourth-order valence-corrected chi connectivity index (χ4v) is 2.45. The summed E-state index contributed by atoms with van der Waals surface area (Å²) in [5.74, 6) is -0.274. The van der Waals surface area contributed by atoms with Crippen molar-refractivity contribution in [2.75, 3.05) is 0 Å². The minimum absolute atomic E-state index is 0.159. The summed E-state index contributed by atoms with van der Waals surface area (Å²) in [6.45, 7) is 9.18. The Morgan fingerprint density at radius 1 is 1.35 bits per heavy atom. The van der Waals surface area contributed by atoms with Gasteiger partial charge in [-0.15, -0.1) is 0 Å². The zero-order chi connectivity index (χ0) is 17.3. The molecule has 1 unspecified atom stereocenters. The van der Waals surface area contributed by atoms with Gasteiger partial charge in [0.25, 0.3) is 0 Å². The molecule has 1 aliphatic heterocycles. The van der Waals surface area contributed by atoms with Crippen molar-refractivity contribution in [1.82, 2.24) is 4.90 Å². The third kappa shape index (κ3) is 4.10. The fraction of sp³-hybridized carbons (Fsp3) is 0.556. The molecule has 0 spiro atoms. The molecule has 1 fully saturated rings. The zero-order valence-corrected chi connectivity index (χ0v) is 14.5. The van der Waals surface area contributed by atoms with Crippen molar-refractivity contribution in [3.8, 4) is 0 Å². The molecule has 1 heterocycles. The third-order valence-electron chi connectivity index (χ3n) is 3.85. The molecule has 0 saturated carbocycles. The maximum Gasteiger partial charge on any atom is 0.419 e. The second kappa shape index (κ2) is 6.32. The fourth-order valence-electron chi connectivity index (χ4n) is 2.45. The van der Waals surface area contributed by atoms with Gasteiger partial charge < -0.3 is 9.47 Å². The standard InChI is InChI=1S/C18H25NO4/c1-6-18(5)12-14(20)19(16(21)23-17(2,3)4)15(22-18)13-10-8-7-9-11-13/h7-11,15H,6,12H2,1-5H3/t15-,18?/m1/s1. The van der Waals surface area contributed by atoms with Crippen molar-refractivity contribution in [1.29, 1.82) is 0 Å². The Bertz CT molecular complexity index is 578. The Kier molecular flexibility index (Phi) is 4.80. The van der Waals surface area contributed by atoms with E-state index in [0.717, 1.165) is 10.5 Å². The first-order chi connectivity index (χ1) is 10.7. The smallest absolute Gasteiger partial charge is 0.419 e. The van der Waals surface area contributed by atoms with Gasteiger partial charge in [0, 0.05) is 5.56 Å². The van der Waals surface area contributed by atoms with Crippen molar-refractivity contribution in [3.05, 3.63) is 35.9 Å². The van der Waals surface area contributed by atoms with Crippen LogP contribution in [0.15, 0.2) is 30.3 Å². The van der Waals surface area contributed by atoms with Crippen molar-refractivity contribution in [3.63, 3.8) is 0 Å². The summed E-state index contributed by atoms with van der Waals surface area (Å²) in [6, 6.07) is 9.28. The molecule has 1 aliphatic rings. The molecule has 1 aromatic carbocycles. The van der Waals surface area contributed by atoms with E-state index in [1.54, 1.807) is 20.8 Å². The molecular formula is C18H25NO4. The van der Waals surface area contributed by atoms with Crippen LogP contribution in [0.3, 0.4) is 0 Å².